The summed E-state index contributed by atoms with van der Waals surface area (Å²) in [7, 11) is 1.66. The summed E-state index contributed by atoms with van der Waals surface area (Å²) in [5.74, 6) is -0.00374. The zero-order chi connectivity index (χ0) is 19.9. The van der Waals surface area contributed by atoms with E-state index in [0.717, 1.165) is 29.4 Å². The molecule has 1 amide bonds. The molecule has 2 heterocycles. The quantitative estimate of drug-likeness (QED) is 0.567. The van der Waals surface area contributed by atoms with Crippen LogP contribution in [-0.4, -0.2) is 51.9 Å². The number of rotatable bonds is 9. The van der Waals surface area contributed by atoms with Crippen LogP contribution in [0.25, 0.3) is 11.0 Å². The first-order valence-corrected chi connectivity index (χ1v) is 9.83. The van der Waals surface area contributed by atoms with Crippen molar-refractivity contribution in [2.24, 2.45) is 0 Å². The molecule has 0 saturated carbocycles. The molecule has 0 aliphatic carbocycles. The van der Waals surface area contributed by atoms with Gasteiger partial charge in [0.2, 0.25) is 0 Å². The zero-order valence-corrected chi connectivity index (χ0v) is 16.8. The second kappa shape index (κ2) is 9.46. The van der Waals surface area contributed by atoms with Gasteiger partial charge < -0.3 is 9.64 Å². The summed E-state index contributed by atoms with van der Waals surface area (Å²) in [4.78, 5) is 19.6. The number of carbonyl (C=O) groups excluding carboxylic acids is 1. The Morgan fingerprint density at radius 3 is 2.61 bits per heavy atom. The average Bonchev–Trinajstić information content (AvgIpc) is 3.13. The van der Waals surface area contributed by atoms with E-state index in [1.807, 2.05) is 33.8 Å². The molecule has 0 fully saturated rings. The number of benzene rings is 1. The molecule has 0 spiro atoms. The highest BCUT2D eigenvalue weighted by Crippen LogP contribution is 2.18. The first-order valence-electron chi connectivity index (χ1n) is 9.83. The molecule has 0 N–H and O–H groups in total. The lowest BCUT2D eigenvalue weighted by Crippen LogP contribution is -2.41. The fraction of sp³-hybridized carbons (Fsp3) is 0.409. The number of pyridine rings is 1. The lowest BCUT2D eigenvalue weighted by atomic mass is 10.1. The molecule has 0 radical (unpaired) electrons. The number of methoxy groups -OCH3 is 1. The van der Waals surface area contributed by atoms with Gasteiger partial charge in [0.25, 0.3) is 5.91 Å². The van der Waals surface area contributed by atoms with Crippen LogP contribution in [-0.2, 0) is 11.3 Å². The number of aromatic nitrogens is 3. The van der Waals surface area contributed by atoms with Crippen LogP contribution in [0, 0.1) is 0 Å². The molecule has 1 aromatic carbocycles. The number of amides is 1. The van der Waals surface area contributed by atoms with E-state index in [1.54, 1.807) is 19.5 Å². The minimum atomic E-state index is -0.00374. The minimum Gasteiger partial charge on any atom is -0.383 e. The number of hydrogen-bond donors (Lipinski definition) is 0. The van der Waals surface area contributed by atoms with Gasteiger partial charge in [0.15, 0.2) is 5.65 Å². The van der Waals surface area contributed by atoms with Gasteiger partial charge in [-0.25, -0.2) is 9.67 Å². The number of hydrogen-bond acceptors (Lipinski definition) is 4. The molecule has 2 aromatic heterocycles. The zero-order valence-electron chi connectivity index (χ0n) is 16.8. The van der Waals surface area contributed by atoms with Crippen LogP contribution in [0.1, 0.15) is 42.6 Å². The Bertz CT molecular complexity index is 903. The SMILES string of the molecule is CCC(CC)N(CCOC)C(=O)c1cnc2c(cnn2Cc2ccccc2)c1. The number of nitrogens with zero attached hydrogens (tertiary/aromatic N) is 4. The van der Waals surface area contributed by atoms with Crippen LogP contribution in [0.5, 0.6) is 0 Å². The third-order valence-electron chi connectivity index (χ3n) is 5.08. The van der Waals surface area contributed by atoms with Crippen LogP contribution in [0.3, 0.4) is 0 Å². The van der Waals surface area contributed by atoms with Gasteiger partial charge in [-0.1, -0.05) is 44.2 Å². The predicted molar refractivity (Wildman–Crippen MR) is 110 cm³/mol. The van der Waals surface area contributed by atoms with E-state index in [4.69, 9.17) is 4.74 Å². The summed E-state index contributed by atoms with van der Waals surface area (Å²) in [5, 5.41) is 5.34. The van der Waals surface area contributed by atoms with Gasteiger partial charge in [-0.05, 0) is 24.5 Å². The highest BCUT2D eigenvalue weighted by molar-refractivity contribution is 5.97. The Morgan fingerprint density at radius 1 is 1.18 bits per heavy atom. The third kappa shape index (κ3) is 4.39. The van der Waals surface area contributed by atoms with E-state index < -0.39 is 0 Å². The standard InChI is InChI=1S/C22H28N4O2/c1-4-20(5-2)25(11-12-28-3)22(27)19-13-18-15-24-26(21(18)23-14-19)16-17-9-7-6-8-10-17/h6-10,13-15,20H,4-5,11-12,16H2,1-3H3. The first kappa shape index (κ1) is 20.0. The van der Waals surface area contributed by atoms with Gasteiger partial charge >= 0.3 is 0 Å². The molecule has 0 bridgehead atoms. The Kier molecular flexibility index (Phi) is 6.76. The van der Waals surface area contributed by atoms with Crippen molar-refractivity contribution in [3.63, 3.8) is 0 Å². The van der Waals surface area contributed by atoms with Crippen molar-refractivity contribution in [2.45, 2.75) is 39.3 Å². The summed E-state index contributed by atoms with van der Waals surface area (Å²) in [6.07, 6.45) is 5.27. The van der Waals surface area contributed by atoms with E-state index in [0.29, 0.717) is 25.3 Å². The average molecular weight is 380 g/mol. The van der Waals surface area contributed by atoms with Crippen LogP contribution in [0.15, 0.2) is 48.8 Å². The number of carbonyl (C=O) groups is 1. The monoisotopic (exact) mass is 380 g/mol. The van der Waals surface area contributed by atoms with E-state index in [2.05, 4.69) is 36.1 Å². The Labute approximate surface area is 166 Å². The maximum absolute atomic E-state index is 13.2. The summed E-state index contributed by atoms with van der Waals surface area (Å²) in [6.45, 7) is 5.96. The maximum atomic E-state index is 13.2. The predicted octanol–water partition coefficient (Wildman–Crippen LogP) is 3.76. The Hall–Kier alpha value is -2.73. The van der Waals surface area contributed by atoms with E-state index in [1.165, 1.54) is 0 Å². The van der Waals surface area contributed by atoms with Crippen LogP contribution >= 0.6 is 0 Å². The van der Waals surface area contributed by atoms with Crippen molar-refractivity contribution in [1.29, 1.82) is 0 Å². The summed E-state index contributed by atoms with van der Waals surface area (Å²) in [6, 6.07) is 12.2. The van der Waals surface area contributed by atoms with E-state index in [9.17, 15) is 4.79 Å². The smallest absolute Gasteiger partial charge is 0.255 e. The van der Waals surface area contributed by atoms with Crippen LogP contribution in [0.2, 0.25) is 0 Å². The van der Waals surface area contributed by atoms with Crippen molar-refractivity contribution in [2.75, 3.05) is 20.3 Å². The summed E-state index contributed by atoms with van der Waals surface area (Å²) >= 11 is 0. The molecule has 28 heavy (non-hydrogen) atoms. The van der Waals surface area contributed by atoms with Crippen molar-refractivity contribution >= 4 is 16.9 Å². The first-order chi connectivity index (χ1) is 13.7. The molecule has 148 valence electrons. The van der Waals surface area contributed by atoms with Crippen LogP contribution in [0.4, 0.5) is 0 Å². The topological polar surface area (TPSA) is 60.2 Å². The molecule has 0 unspecified atom stereocenters. The molecule has 0 aliphatic rings. The van der Waals surface area contributed by atoms with E-state index in [-0.39, 0.29) is 11.9 Å². The number of ether oxygens (including phenoxy) is 1. The molecule has 3 aromatic rings. The Balaban J connectivity index is 1.85. The van der Waals surface area contributed by atoms with Crippen molar-refractivity contribution in [3.05, 3.63) is 59.9 Å². The van der Waals surface area contributed by atoms with Gasteiger partial charge in [0.05, 0.1) is 24.9 Å². The van der Waals surface area contributed by atoms with E-state index >= 15 is 0 Å². The molecule has 6 heteroatoms. The molecule has 3 rings (SSSR count). The third-order valence-corrected chi connectivity index (χ3v) is 5.08. The molecule has 0 atom stereocenters. The van der Waals surface area contributed by atoms with Crippen molar-refractivity contribution < 1.29 is 9.53 Å². The molecule has 0 aliphatic heterocycles. The largest absolute Gasteiger partial charge is 0.383 e. The fourth-order valence-corrected chi connectivity index (χ4v) is 3.50. The van der Waals surface area contributed by atoms with Crippen molar-refractivity contribution in [1.82, 2.24) is 19.7 Å². The summed E-state index contributed by atoms with van der Waals surface area (Å²) < 4.78 is 7.07. The van der Waals surface area contributed by atoms with Crippen molar-refractivity contribution in [3.8, 4) is 0 Å². The highest BCUT2D eigenvalue weighted by Gasteiger charge is 2.23. The Morgan fingerprint density at radius 2 is 1.93 bits per heavy atom. The second-order valence-electron chi connectivity index (χ2n) is 6.89. The van der Waals surface area contributed by atoms with Gasteiger partial charge in [0, 0.05) is 31.3 Å². The van der Waals surface area contributed by atoms with Gasteiger partial charge in [-0.3, -0.25) is 4.79 Å². The highest BCUT2D eigenvalue weighted by atomic mass is 16.5. The lowest BCUT2D eigenvalue weighted by molar-refractivity contribution is 0.0589. The summed E-state index contributed by atoms with van der Waals surface area (Å²) in [5.41, 5.74) is 2.54. The minimum absolute atomic E-state index is 0.00374. The molecule has 0 saturated heterocycles. The maximum Gasteiger partial charge on any atom is 0.255 e. The fourth-order valence-electron chi connectivity index (χ4n) is 3.50. The second-order valence-corrected chi connectivity index (χ2v) is 6.89. The normalized spacial score (nSPS) is 11.3. The van der Waals surface area contributed by atoms with Crippen LogP contribution < -0.4 is 0 Å². The molecular weight excluding hydrogens is 352 g/mol. The molecular formula is C22H28N4O2. The van der Waals surface area contributed by atoms with Gasteiger partial charge in [-0.2, -0.15) is 5.10 Å². The lowest BCUT2D eigenvalue weighted by Gasteiger charge is -2.30. The number of fused-ring (bicyclic) bond motifs is 1. The molecule has 6 nitrogen and oxygen atoms in total. The van der Waals surface area contributed by atoms with Gasteiger partial charge in [-0.15, -0.1) is 0 Å². The van der Waals surface area contributed by atoms with Gasteiger partial charge in [0.1, 0.15) is 0 Å².